The van der Waals surface area contributed by atoms with E-state index in [-0.39, 0.29) is 5.41 Å². The molecule has 0 bridgehead atoms. The summed E-state index contributed by atoms with van der Waals surface area (Å²) in [5.41, 5.74) is 3.31. The number of hydrogen-bond acceptors (Lipinski definition) is 1. The summed E-state index contributed by atoms with van der Waals surface area (Å²) in [5, 5.41) is 11.0. The Morgan fingerprint density at radius 1 is 1.10 bits per heavy atom. The number of benzene rings is 2. The summed E-state index contributed by atoms with van der Waals surface area (Å²) in [7, 11) is 0. The number of halogens is 2. The Balaban J connectivity index is 2.14. The Morgan fingerprint density at radius 2 is 1.71 bits per heavy atom. The predicted octanol–water partition coefficient (Wildman–Crippen LogP) is 5.68. The molecule has 21 heavy (non-hydrogen) atoms. The average molecular weight is 368 g/mol. The summed E-state index contributed by atoms with van der Waals surface area (Å²) in [4.78, 5) is 0. The maximum absolute atomic E-state index is 10.4. The normalized spacial score (nSPS) is 13.2. The van der Waals surface area contributed by atoms with Crippen LogP contribution in [-0.2, 0) is 11.8 Å². The van der Waals surface area contributed by atoms with E-state index in [1.807, 2.05) is 18.2 Å². The minimum atomic E-state index is -0.592. The molecule has 0 aromatic heterocycles. The first kappa shape index (κ1) is 16.5. The lowest BCUT2D eigenvalue weighted by molar-refractivity contribution is 0.178. The van der Waals surface area contributed by atoms with Crippen molar-refractivity contribution in [3.8, 4) is 0 Å². The van der Waals surface area contributed by atoms with Crippen LogP contribution in [0.4, 0.5) is 0 Å². The maximum Gasteiger partial charge on any atom is 0.0844 e. The van der Waals surface area contributed by atoms with E-state index in [1.165, 1.54) is 5.56 Å². The Kier molecular flexibility index (Phi) is 5.13. The third kappa shape index (κ3) is 4.32. The van der Waals surface area contributed by atoms with E-state index in [4.69, 9.17) is 11.6 Å². The van der Waals surface area contributed by atoms with E-state index in [1.54, 1.807) is 0 Å². The SMILES string of the molecule is CC(C)(C)c1ccc(CC(O)c2ccc(Br)cc2Cl)cc1. The first-order valence-electron chi connectivity index (χ1n) is 7.00. The molecule has 1 nitrogen and oxygen atoms in total. The van der Waals surface area contributed by atoms with Gasteiger partial charge in [0.05, 0.1) is 6.10 Å². The van der Waals surface area contributed by atoms with Crippen molar-refractivity contribution in [1.82, 2.24) is 0 Å². The van der Waals surface area contributed by atoms with Crippen LogP contribution in [-0.4, -0.2) is 5.11 Å². The fourth-order valence-corrected chi connectivity index (χ4v) is 3.05. The highest BCUT2D eigenvalue weighted by Gasteiger charge is 2.15. The van der Waals surface area contributed by atoms with Crippen LogP contribution in [0.2, 0.25) is 5.02 Å². The second kappa shape index (κ2) is 6.51. The van der Waals surface area contributed by atoms with Crippen molar-refractivity contribution in [2.45, 2.75) is 38.7 Å². The quantitative estimate of drug-likeness (QED) is 0.740. The Morgan fingerprint density at radius 3 is 2.24 bits per heavy atom. The van der Waals surface area contributed by atoms with Gasteiger partial charge in [0.25, 0.3) is 0 Å². The van der Waals surface area contributed by atoms with Gasteiger partial charge in [-0.1, -0.05) is 78.6 Å². The summed E-state index contributed by atoms with van der Waals surface area (Å²) in [6, 6.07) is 14.0. The molecule has 0 saturated carbocycles. The summed E-state index contributed by atoms with van der Waals surface area (Å²) in [5.74, 6) is 0. The zero-order chi connectivity index (χ0) is 15.6. The van der Waals surface area contributed by atoms with Crippen LogP contribution in [0.1, 0.15) is 43.6 Å². The topological polar surface area (TPSA) is 20.2 Å². The first-order valence-corrected chi connectivity index (χ1v) is 8.17. The van der Waals surface area contributed by atoms with Crippen molar-refractivity contribution >= 4 is 27.5 Å². The van der Waals surface area contributed by atoms with Gasteiger partial charge in [0, 0.05) is 15.9 Å². The third-order valence-electron chi connectivity index (χ3n) is 3.57. The van der Waals surface area contributed by atoms with Crippen molar-refractivity contribution in [2.75, 3.05) is 0 Å². The zero-order valence-corrected chi connectivity index (χ0v) is 14.9. The lowest BCUT2D eigenvalue weighted by Gasteiger charge is -2.19. The Labute approximate surface area is 140 Å². The lowest BCUT2D eigenvalue weighted by Crippen LogP contribution is -2.11. The van der Waals surface area contributed by atoms with Crippen LogP contribution in [0.5, 0.6) is 0 Å². The van der Waals surface area contributed by atoms with Crippen LogP contribution in [0, 0.1) is 0 Å². The number of aliphatic hydroxyl groups excluding tert-OH is 1. The fourth-order valence-electron chi connectivity index (χ4n) is 2.25. The Hall–Kier alpha value is -0.830. The lowest BCUT2D eigenvalue weighted by atomic mass is 9.86. The Bertz CT molecular complexity index is 614. The van der Waals surface area contributed by atoms with Crippen LogP contribution < -0.4 is 0 Å². The second-order valence-electron chi connectivity index (χ2n) is 6.33. The molecule has 112 valence electrons. The molecule has 2 rings (SSSR count). The smallest absolute Gasteiger partial charge is 0.0844 e. The second-order valence-corrected chi connectivity index (χ2v) is 7.66. The van der Waals surface area contributed by atoms with Crippen LogP contribution in [0.3, 0.4) is 0 Å². The molecule has 1 atom stereocenters. The van der Waals surface area contributed by atoms with E-state index in [9.17, 15) is 5.11 Å². The summed E-state index contributed by atoms with van der Waals surface area (Å²) < 4.78 is 0.915. The van der Waals surface area contributed by atoms with Crippen molar-refractivity contribution in [1.29, 1.82) is 0 Å². The molecule has 2 aromatic carbocycles. The largest absolute Gasteiger partial charge is 0.388 e. The molecule has 1 unspecified atom stereocenters. The summed E-state index contributed by atoms with van der Waals surface area (Å²) >= 11 is 9.56. The van der Waals surface area contributed by atoms with E-state index < -0.39 is 6.10 Å². The predicted molar refractivity (Wildman–Crippen MR) is 93.0 cm³/mol. The van der Waals surface area contributed by atoms with Gasteiger partial charge >= 0.3 is 0 Å². The maximum atomic E-state index is 10.4. The van der Waals surface area contributed by atoms with Crippen molar-refractivity contribution in [2.24, 2.45) is 0 Å². The van der Waals surface area contributed by atoms with E-state index in [0.717, 1.165) is 15.6 Å². The van der Waals surface area contributed by atoms with Gasteiger partial charge in [0.1, 0.15) is 0 Å². The third-order valence-corrected chi connectivity index (χ3v) is 4.39. The molecule has 0 aliphatic heterocycles. The molecular weight excluding hydrogens is 348 g/mol. The van der Waals surface area contributed by atoms with Crippen LogP contribution in [0.15, 0.2) is 46.9 Å². The molecule has 0 aliphatic rings. The molecule has 0 heterocycles. The van der Waals surface area contributed by atoms with Gasteiger partial charge in [-0.2, -0.15) is 0 Å². The molecule has 0 radical (unpaired) electrons. The highest BCUT2D eigenvalue weighted by molar-refractivity contribution is 9.10. The molecule has 0 spiro atoms. The monoisotopic (exact) mass is 366 g/mol. The van der Waals surface area contributed by atoms with Crippen molar-refractivity contribution in [3.63, 3.8) is 0 Å². The van der Waals surface area contributed by atoms with Gasteiger partial charge in [0.2, 0.25) is 0 Å². The summed E-state index contributed by atoms with van der Waals surface area (Å²) in [6.07, 6.45) is -0.0303. The average Bonchev–Trinajstić information content (AvgIpc) is 2.38. The highest BCUT2D eigenvalue weighted by atomic mass is 79.9. The van der Waals surface area contributed by atoms with Crippen LogP contribution >= 0.6 is 27.5 Å². The number of rotatable bonds is 3. The molecule has 1 N–H and O–H groups in total. The van der Waals surface area contributed by atoms with Gasteiger partial charge in [-0.05, 0) is 34.2 Å². The first-order chi connectivity index (χ1) is 9.77. The minimum absolute atomic E-state index is 0.145. The standard InChI is InChI=1S/C18H20BrClO/c1-18(2,3)13-6-4-12(5-7-13)10-17(21)15-9-8-14(19)11-16(15)20/h4-9,11,17,21H,10H2,1-3H3. The van der Waals surface area contributed by atoms with E-state index in [2.05, 4.69) is 61.0 Å². The van der Waals surface area contributed by atoms with Gasteiger partial charge in [-0.15, -0.1) is 0 Å². The molecule has 0 saturated heterocycles. The van der Waals surface area contributed by atoms with Crippen LogP contribution in [0.25, 0.3) is 0 Å². The molecule has 0 fully saturated rings. The van der Waals surface area contributed by atoms with E-state index in [0.29, 0.717) is 11.4 Å². The molecule has 0 aliphatic carbocycles. The van der Waals surface area contributed by atoms with Gasteiger partial charge in [-0.25, -0.2) is 0 Å². The fraction of sp³-hybridized carbons (Fsp3) is 0.333. The van der Waals surface area contributed by atoms with E-state index >= 15 is 0 Å². The van der Waals surface area contributed by atoms with Crippen molar-refractivity contribution in [3.05, 3.63) is 68.7 Å². The molecule has 0 amide bonds. The van der Waals surface area contributed by atoms with Crippen molar-refractivity contribution < 1.29 is 5.11 Å². The van der Waals surface area contributed by atoms with Gasteiger partial charge in [-0.3, -0.25) is 0 Å². The highest BCUT2D eigenvalue weighted by Crippen LogP contribution is 2.29. The molecule has 3 heteroatoms. The molecular formula is C18H20BrClO. The zero-order valence-electron chi connectivity index (χ0n) is 12.5. The number of hydrogen-bond donors (Lipinski definition) is 1. The van der Waals surface area contributed by atoms with Gasteiger partial charge < -0.3 is 5.11 Å². The van der Waals surface area contributed by atoms with Gasteiger partial charge in [0.15, 0.2) is 0 Å². The molecule has 2 aromatic rings. The minimum Gasteiger partial charge on any atom is -0.388 e. The number of aliphatic hydroxyl groups is 1. The summed E-state index contributed by atoms with van der Waals surface area (Å²) in [6.45, 7) is 6.58.